The minimum atomic E-state index is 0.341. The van der Waals surface area contributed by atoms with Gasteiger partial charge >= 0.3 is 0 Å². The van der Waals surface area contributed by atoms with Crippen LogP contribution in [0.25, 0.3) is 22.0 Å². The number of rotatable bonds is 4. The van der Waals surface area contributed by atoms with Gasteiger partial charge < -0.3 is 10.5 Å². The van der Waals surface area contributed by atoms with E-state index in [0.717, 1.165) is 38.9 Å². The van der Waals surface area contributed by atoms with Crippen molar-refractivity contribution in [3.63, 3.8) is 0 Å². The van der Waals surface area contributed by atoms with Gasteiger partial charge in [-0.1, -0.05) is 23.7 Å². The molecule has 0 saturated carbocycles. The molecule has 136 valence electrons. The third-order valence-electron chi connectivity index (χ3n) is 4.64. The first-order valence-corrected chi connectivity index (χ1v) is 8.84. The first-order chi connectivity index (χ1) is 13.1. The zero-order valence-electron chi connectivity index (χ0n) is 15.0. The number of aromatic amines is 1. The molecule has 0 fully saturated rings. The van der Waals surface area contributed by atoms with E-state index < -0.39 is 0 Å². The molecular weight excluding hydrogens is 362 g/mol. The third kappa shape index (κ3) is 3.08. The lowest BCUT2D eigenvalue weighted by molar-refractivity contribution is 0.302. The topological polar surface area (TPSA) is 89.7 Å². The molecule has 2 aromatic heterocycles. The van der Waals surface area contributed by atoms with Crippen LogP contribution in [0, 0.1) is 13.8 Å². The van der Waals surface area contributed by atoms with E-state index in [1.807, 2.05) is 50.4 Å². The second-order valence-electron chi connectivity index (χ2n) is 6.31. The van der Waals surface area contributed by atoms with Crippen LogP contribution in [0.2, 0.25) is 5.02 Å². The van der Waals surface area contributed by atoms with E-state index >= 15 is 0 Å². The Morgan fingerprint density at radius 1 is 1.15 bits per heavy atom. The monoisotopic (exact) mass is 379 g/mol. The number of halogens is 1. The molecular formula is C20H18ClN5O. The van der Waals surface area contributed by atoms with Crippen LogP contribution in [-0.4, -0.2) is 20.2 Å². The molecule has 0 atom stereocenters. The van der Waals surface area contributed by atoms with Crippen molar-refractivity contribution in [2.24, 2.45) is 0 Å². The zero-order chi connectivity index (χ0) is 19.0. The van der Waals surface area contributed by atoms with Crippen molar-refractivity contribution in [1.29, 1.82) is 0 Å². The fourth-order valence-corrected chi connectivity index (χ4v) is 3.24. The second kappa shape index (κ2) is 6.89. The number of aryl methyl sites for hydroxylation is 1. The maximum atomic E-state index is 6.37. The number of H-pyrrole nitrogens is 1. The molecule has 0 bridgehead atoms. The fourth-order valence-electron chi connectivity index (χ4n) is 3.06. The maximum Gasteiger partial charge on any atom is 0.134 e. The normalized spacial score (nSPS) is 11.1. The molecule has 27 heavy (non-hydrogen) atoms. The Morgan fingerprint density at radius 2 is 2.00 bits per heavy atom. The molecule has 0 saturated heterocycles. The summed E-state index contributed by atoms with van der Waals surface area (Å²) in [4.78, 5) is 8.57. The van der Waals surface area contributed by atoms with Crippen LogP contribution < -0.4 is 10.5 Å². The molecule has 6 nitrogen and oxygen atoms in total. The zero-order valence-corrected chi connectivity index (χ0v) is 15.7. The van der Waals surface area contributed by atoms with Crippen LogP contribution in [0.1, 0.15) is 16.8 Å². The number of nitrogens with one attached hydrogen (secondary N) is 1. The van der Waals surface area contributed by atoms with Gasteiger partial charge in [0.25, 0.3) is 0 Å². The quantitative estimate of drug-likeness (QED) is 0.546. The Bertz CT molecular complexity index is 1140. The van der Waals surface area contributed by atoms with E-state index in [1.165, 1.54) is 6.33 Å². The van der Waals surface area contributed by atoms with Gasteiger partial charge in [0, 0.05) is 16.6 Å². The summed E-state index contributed by atoms with van der Waals surface area (Å²) < 4.78 is 6.13. The van der Waals surface area contributed by atoms with Crippen LogP contribution in [0.3, 0.4) is 0 Å². The minimum absolute atomic E-state index is 0.341. The predicted octanol–water partition coefficient (Wildman–Crippen LogP) is 4.45. The van der Waals surface area contributed by atoms with Crippen molar-refractivity contribution in [3.05, 3.63) is 64.7 Å². The number of nitrogens with zero attached hydrogens (tertiary/aromatic N) is 3. The highest BCUT2D eigenvalue weighted by Gasteiger charge is 2.17. The summed E-state index contributed by atoms with van der Waals surface area (Å²) >= 11 is 6.37. The molecule has 0 amide bonds. The molecule has 7 heteroatoms. The molecule has 4 aromatic rings. The lowest BCUT2D eigenvalue weighted by atomic mass is 9.97. The fraction of sp³-hybridized carbons (Fsp3) is 0.150. The number of fused-ring (bicyclic) bond motifs is 1. The van der Waals surface area contributed by atoms with Gasteiger partial charge in [-0.2, -0.15) is 5.10 Å². The number of nitrogen functional groups attached to an aromatic ring is 1. The van der Waals surface area contributed by atoms with Gasteiger partial charge in [0.05, 0.1) is 11.1 Å². The minimum Gasteiger partial charge on any atom is -0.486 e. The molecule has 0 unspecified atom stereocenters. The van der Waals surface area contributed by atoms with Crippen molar-refractivity contribution in [2.45, 2.75) is 20.5 Å². The van der Waals surface area contributed by atoms with Gasteiger partial charge in [-0.05, 0) is 48.7 Å². The van der Waals surface area contributed by atoms with Crippen molar-refractivity contribution >= 4 is 28.3 Å². The SMILES string of the molecule is Cc1c[nH]nc1COc1ccc2c(N)ncnc2c1-c1cccc(Cl)c1C. The van der Waals surface area contributed by atoms with Crippen LogP contribution in [0.15, 0.2) is 42.9 Å². The van der Waals surface area contributed by atoms with Gasteiger partial charge in [0.2, 0.25) is 0 Å². The van der Waals surface area contributed by atoms with E-state index in [2.05, 4.69) is 20.2 Å². The van der Waals surface area contributed by atoms with Gasteiger partial charge in [0.1, 0.15) is 30.2 Å². The number of anilines is 1. The summed E-state index contributed by atoms with van der Waals surface area (Å²) in [7, 11) is 0. The molecule has 2 heterocycles. The molecule has 2 aromatic carbocycles. The highest BCUT2D eigenvalue weighted by molar-refractivity contribution is 6.31. The summed E-state index contributed by atoms with van der Waals surface area (Å²) in [6.45, 7) is 4.30. The van der Waals surface area contributed by atoms with E-state index in [0.29, 0.717) is 23.2 Å². The van der Waals surface area contributed by atoms with E-state index in [4.69, 9.17) is 22.1 Å². The third-order valence-corrected chi connectivity index (χ3v) is 5.05. The number of nitrogens with two attached hydrogens (primary N) is 1. The van der Waals surface area contributed by atoms with Gasteiger partial charge in [-0.25, -0.2) is 9.97 Å². The predicted molar refractivity (Wildman–Crippen MR) is 107 cm³/mol. The Balaban J connectivity index is 1.90. The number of ether oxygens (including phenoxy) is 1. The van der Waals surface area contributed by atoms with Crippen molar-refractivity contribution in [2.75, 3.05) is 5.73 Å². The lowest BCUT2D eigenvalue weighted by Gasteiger charge is -2.16. The summed E-state index contributed by atoms with van der Waals surface area (Å²) in [6, 6.07) is 9.54. The van der Waals surface area contributed by atoms with Crippen molar-refractivity contribution < 1.29 is 4.74 Å². The summed E-state index contributed by atoms with van der Waals surface area (Å²) in [5.74, 6) is 1.11. The van der Waals surface area contributed by atoms with Gasteiger partial charge in [-0.3, -0.25) is 5.10 Å². The average molecular weight is 380 g/mol. The van der Waals surface area contributed by atoms with Gasteiger partial charge in [0.15, 0.2) is 0 Å². The Hall–Kier alpha value is -3.12. The molecule has 4 rings (SSSR count). The Kier molecular flexibility index (Phi) is 4.41. The number of benzene rings is 2. The second-order valence-corrected chi connectivity index (χ2v) is 6.72. The average Bonchev–Trinajstić information content (AvgIpc) is 3.07. The van der Waals surface area contributed by atoms with E-state index in [1.54, 1.807) is 0 Å². The number of hydrogen-bond acceptors (Lipinski definition) is 5. The lowest BCUT2D eigenvalue weighted by Crippen LogP contribution is -2.02. The smallest absolute Gasteiger partial charge is 0.134 e. The van der Waals surface area contributed by atoms with Crippen LogP contribution >= 0.6 is 11.6 Å². The highest BCUT2D eigenvalue weighted by Crippen LogP contribution is 2.40. The van der Waals surface area contributed by atoms with Crippen molar-refractivity contribution in [1.82, 2.24) is 20.2 Å². The largest absolute Gasteiger partial charge is 0.486 e. The van der Waals surface area contributed by atoms with E-state index in [9.17, 15) is 0 Å². The molecule has 0 aliphatic heterocycles. The van der Waals surface area contributed by atoms with Gasteiger partial charge in [-0.15, -0.1) is 0 Å². The Labute approximate surface area is 161 Å². The van der Waals surface area contributed by atoms with Crippen LogP contribution in [0.5, 0.6) is 5.75 Å². The molecule has 0 aliphatic rings. The van der Waals surface area contributed by atoms with E-state index in [-0.39, 0.29) is 0 Å². The standard InChI is InChI=1S/C20H18ClN5O/c1-11-8-25-26-16(11)9-27-17-7-6-14-19(23-10-24-20(14)22)18(17)13-4-3-5-15(21)12(13)2/h3-8,10H,9H2,1-2H3,(H,25,26)(H2,22,23,24). The number of aromatic nitrogens is 4. The van der Waals surface area contributed by atoms with Crippen LogP contribution in [-0.2, 0) is 6.61 Å². The molecule has 0 spiro atoms. The number of hydrogen-bond donors (Lipinski definition) is 2. The molecule has 0 radical (unpaired) electrons. The Morgan fingerprint density at radius 3 is 2.78 bits per heavy atom. The van der Waals surface area contributed by atoms with Crippen molar-refractivity contribution in [3.8, 4) is 16.9 Å². The summed E-state index contributed by atoms with van der Waals surface area (Å²) in [5, 5.41) is 8.53. The molecule has 0 aliphatic carbocycles. The highest BCUT2D eigenvalue weighted by atomic mass is 35.5. The summed E-state index contributed by atoms with van der Waals surface area (Å²) in [6.07, 6.45) is 3.30. The first-order valence-electron chi connectivity index (χ1n) is 8.47. The molecule has 3 N–H and O–H groups in total. The van der Waals surface area contributed by atoms with Crippen LogP contribution in [0.4, 0.5) is 5.82 Å². The summed E-state index contributed by atoms with van der Waals surface area (Å²) in [5.41, 5.74) is 11.4. The maximum absolute atomic E-state index is 6.37. The first kappa shape index (κ1) is 17.3.